The molecule has 10 nitrogen and oxygen atoms in total. The lowest BCUT2D eigenvalue weighted by Crippen LogP contribution is -2.37. The van der Waals surface area contributed by atoms with Gasteiger partial charge in [-0.25, -0.2) is 4.79 Å². The van der Waals surface area contributed by atoms with E-state index in [9.17, 15) is 14.4 Å². The standard InChI is InChI=1S/C16H16N6O4/c1-10-8-22(16(25)20-15(10)24)9-12(23)18-7-5-13-19-14(21-26-13)11-4-2-3-6-17-11/h2-4,6,8H,5,7,9H2,1H3,(H,18,23)(H,20,24,25). The van der Waals surface area contributed by atoms with E-state index >= 15 is 0 Å². The molecular formula is C16H16N6O4. The summed E-state index contributed by atoms with van der Waals surface area (Å²) in [4.78, 5) is 45.4. The zero-order chi connectivity index (χ0) is 18.5. The zero-order valence-electron chi connectivity index (χ0n) is 13.9. The summed E-state index contributed by atoms with van der Waals surface area (Å²) in [6.07, 6.45) is 3.31. The number of hydrogen-bond donors (Lipinski definition) is 2. The van der Waals surface area contributed by atoms with E-state index in [-0.39, 0.29) is 19.0 Å². The molecular weight excluding hydrogens is 340 g/mol. The molecule has 0 saturated carbocycles. The molecule has 0 saturated heterocycles. The SMILES string of the molecule is Cc1cn(CC(=O)NCCc2nc(-c3ccccn3)no2)c(=O)[nH]c1=O. The smallest absolute Gasteiger partial charge is 0.328 e. The summed E-state index contributed by atoms with van der Waals surface area (Å²) in [6, 6.07) is 5.37. The number of aryl methyl sites for hydroxylation is 1. The fourth-order valence-corrected chi connectivity index (χ4v) is 2.21. The molecule has 134 valence electrons. The Kier molecular flexibility index (Phi) is 5.02. The summed E-state index contributed by atoms with van der Waals surface area (Å²) in [7, 11) is 0. The summed E-state index contributed by atoms with van der Waals surface area (Å²) in [6.45, 7) is 1.63. The molecule has 2 N–H and O–H groups in total. The molecule has 0 spiro atoms. The Hall–Kier alpha value is -3.56. The highest BCUT2D eigenvalue weighted by atomic mass is 16.5. The van der Waals surface area contributed by atoms with Gasteiger partial charge in [0.15, 0.2) is 0 Å². The molecule has 3 rings (SSSR count). The van der Waals surface area contributed by atoms with Crippen molar-refractivity contribution in [3.05, 3.63) is 62.9 Å². The highest BCUT2D eigenvalue weighted by Crippen LogP contribution is 2.11. The molecule has 0 aliphatic rings. The summed E-state index contributed by atoms with van der Waals surface area (Å²) >= 11 is 0. The maximum absolute atomic E-state index is 11.9. The van der Waals surface area contributed by atoms with Gasteiger partial charge in [0, 0.05) is 30.9 Å². The minimum Gasteiger partial charge on any atom is -0.354 e. The summed E-state index contributed by atoms with van der Waals surface area (Å²) in [5, 5.41) is 6.50. The Balaban J connectivity index is 1.53. The van der Waals surface area contributed by atoms with Crippen LogP contribution < -0.4 is 16.6 Å². The number of hydrogen-bond acceptors (Lipinski definition) is 7. The van der Waals surface area contributed by atoms with Crippen LogP contribution in [-0.4, -0.2) is 37.1 Å². The average Bonchev–Trinajstić information content (AvgIpc) is 3.09. The topological polar surface area (TPSA) is 136 Å². The van der Waals surface area contributed by atoms with Gasteiger partial charge in [0.05, 0.1) is 0 Å². The van der Waals surface area contributed by atoms with Crippen LogP contribution in [0.1, 0.15) is 11.5 Å². The Bertz CT molecular complexity index is 1020. The summed E-state index contributed by atoms with van der Waals surface area (Å²) < 4.78 is 6.26. The Morgan fingerprint density at radius 3 is 2.96 bits per heavy atom. The van der Waals surface area contributed by atoms with Gasteiger partial charge in [0.2, 0.25) is 17.6 Å². The number of H-pyrrole nitrogens is 1. The van der Waals surface area contributed by atoms with Crippen molar-refractivity contribution >= 4 is 5.91 Å². The van der Waals surface area contributed by atoms with Crippen LogP contribution in [-0.2, 0) is 17.8 Å². The van der Waals surface area contributed by atoms with Gasteiger partial charge < -0.3 is 9.84 Å². The van der Waals surface area contributed by atoms with Crippen molar-refractivity contribution in [2.24, 2.45) is 0 Å². The fourth-order valence-electron chi connectivity index (χ4n) is 2.21. The number of amides is 1. The Morgan fingerprint density at radius 2 is 2.19 bits per heavy atom. The first-order valence-electron chi connectivity index (χ1n) is 7.84. The van der Waals surface area contributed by atoms with Crippen LogP contribution in [0.25, 0.3) is 11.5 Å². The lowest BCUT2D eigenvalue weighted by Gasteiger charge is -2.06. The first-order chi connectivity index (χ1) is 12.5. The molecule has 0 atom stereocenters. The third-order valence-electron chi connectivity index (χ3n) is 3.53. The van der Waals surface area contributed by atoms with E-state index in [1.807, 2.05) is 6.07 Å². The normalized spacial score (nSPS) is 10.7. The van der Waals surface area contributed by atoms with Crippen LogP contribution in [0.2, 0.25) is 0 Å². The first kappa shape index (κ1) is 17.3. The van der Waals surface area contributed by atoms with E-state index in [0.717, 1.165) is 4.57 Å². The quantitative estimate of drug-likeness (QED) is 0.616. The van der Waals surface area contributed by atoms with Crippen molar-refractivity contribution in [2.45, 2.75) is 19.9 Å². The van der Waals surface area contributed by atoms with Gasteiger partial charge in [-0.15, -0.1) is 0 Å². The van der Waals surface area contributed by atoms with E-state index in [2.05, 4.69) is 25.4 Å². The van der Waals surface area contributed by atoms with Crippen molar-refractivity contribution < 1.29 is 9.32 Å². The van der Waals surface area contributed by atoms with E-state index < -0.39 is 11.2 Å². The molecule has 0 aromatic carbocycles. The van der Waals surface area contributed by atoms with E-state index in [1.54, 1.807) is 25.3 Å². The summed E-state index contributed by atoms with van der Waals surface area (Å²) in [5.74, 6) is 0.369. The van der Waals surface area contributed by atoms with Gasteiger partial charge in [-0.1, -0.05) is 11.2 Å². The molecule has 0 unspecified atom stereocenters. The number of carbonyl (C=O) groups excluding carboxylic acids is 1. The molecule has 0 bridgehead atoms. The number of aromatic nitrogens is 5. The minimum absolute atomic E-state index is 0.195. The predicted molar refractivity (Wildman–Crippen MR) is 90.3 cm³/mol. The molecule has 0 radical (unpaired) electrons. The maximum Gasteiger partial charge on any atom is 0.328 e. The van der Waals surface area contributed by atoms with Crippen LogP contribution in [0, 0.1) is 6.92 Å². The van der Waals surface area contributed by atoms with Gasteiger partial charge in [-0.3, -0.25) is 24.1 Å². The van der Waals surface area contributed by atoms with Gasteiger partial charge in [0.1, 0.15) is 12.2 Å². The van der Waals surface area contributed by atoms with Gasteiger partial charge in [0.25, 0.3) is 5.56 Å². The second-order valence-electron chi connectivity index (χ2n) is 5.53. The van der Waals surface area contributed by atoms with E-state index in [1.165, 1.54) is 6.20 Å². The molecule has 0 fully saturated rings. The molecule has 3 heterocycles. The third kappa shape index (κ3) is 4.09. The highest BCUT2D eigenvalue weighted by Gasteiger charge is 2.10. The molecule has 1 amide bonds. The number of nitrogens with zero attached hydrogens (tertiary/aromatic N) is 4. The molecule has 10 heteroatoms. The van der Waals surface area contributed by atoms with Crippen LogP contribution >= 0.6 is 0 Å². The van der Waals surface area contributed by atoms with Crippen LogP contribution in [0.5, 0.6) is 0 Å². The van der Waals surface area contributed by atoms with Crippen molar-refractivity contribution in [3.8, 4) is 11.5 Å². The lowest BCUT2D eigenvalue weighted by molar-refractivity contribution is -0.121. The predicted octanol–water partition coefficient (Wildman–Crippen LogP) is -0.351. The van der Waals surface area contributed by atoms with E-state index in [4.69, 9.17) is 4.52 Å². The first-order valence-corrected chi connectivity index (χ1v) is 7.84. The van der Waals surface area contributed by atoms with Crippen LogP contribution in [0.15, 0.2) is 44.7 Å². The molecule has 3 aromatic rings. The van der Waals surface area contributed by atoms with Crippen LogP contribution in [0.3, 0.4) is 0 Å². The number of rotatable bonds is 6. The number of nitrogens with one attached hydrogen (secondary N) is 2. The Labute approximate surface area is 146 Å². The molecule has 0 aliphatic carbocycles. The number of aromatic amines is 1. The average molecular weight is 356 g/mol. The summed E-state index contributed by atoms with van der Waals surface area (Å²) in [5.41, 5.74) is -0.149. The van der Waals surface area contributed by atoms with Gasteiger partial charge >= 0.3 is 5.69 Å². The largest absolute Gasteiger partial charge is 0.354 e. The van der Waals surface area contributed by atoms with Crippen molar-refractivity contribution in [2.75, 3.05) is 6.54 Å². The Morgan fingerprint density at radius 1 is 1.35 bits per heavy atom. The second-order valence-corrected chi connectivity index (χ2v) is 5.53. The molecule has 0 aliphatic heterocycles. The van der Waals surface area contributed by atoms with Crippen molar-refractivity contribution in [1.82, 2.24) is 30.0 Å². The van der Waals surface area contributed by atoms with Crippen molar-refractivity contribution in [3.63, 3.8) is 0 Å². The van der Waals surface area contributed by atoms with Gasteiger partial charge in [-0.05, 0) is 19.1 Å². The fraction of sp³-hybridized carbons (Fsp3) is 0.250. The third-order valence-corrected chi connectivity index (χ3v) is 3.53. The lowest BCUT2D eigenvalue weighted by atomic mass is 10.3. The second kappa shape index (κ2) is 7.55. The molecule has 26 heavy (non-hydrogen) atoms. The van der Waals surface area contributed by atoms with E-state index in [0.29, 0.717) is 29.4 Å². The maximum atomic E-state index is 11.9. The monoisotopic (exact) mass is 356 g/mol. The minimum atomic E-state index is -0.632. The van der Waals surface area contributed by atoms with Crippen LogP contribution in [0.4, 0.5) is 0 Å². The highest BCUT2D eigenvalue weighted by molar-refractivity contribution is 5.75. The zero-order valence-corrected chi connectivity index (χ0v) is 13.9. The molecule has 3 aromatic heterocycles. The van der Waals surface area contributed by atoms with Crippen molar-refractivity contribution in [1.29, 1.82) is 0 Å². The number of carbonyl (C=O) groups is 1. The van der Waals surface area contributed by atoms with Gasteiger partial charge in [-0.2, -0.15) is 4.98 Å². The number of pyridine rings is 1.